The molecule has 2 N–H and O–H groups in total. The topological polar surface area (TPSA) is 84.5 Å². The summed E-state index contributed by atoms with van der Waals surface area (Å²) in [5.41, 5.74) is 2.77. The zero-order valence-corrected chi connectivity index (χ0v) is 18.3. The minimum absolute atomic E-state index is 0.0146. The number of sulfonamides is 1. The number of hydrogen-bond acceptors (Lipinski definition) is 4. The first kappa shape index (κ1) is 21.7. The molecule has 0 fully saturated rings. The highest BCUT2D eigenvalue weighted by molar-refractivity contribution is 7.92. The van der Waals surface area contributed by atoms with E-state index in [-0.39, 0.29) is 15.5 Å². The molecule has 30 heavy (non-hydrogen) atoms. The van der Waals surface area contributed by atoms with Crippen molar-refractivity contribution in [3.05, 3.63) is 82.4 Å². The van der Waals surface area contributed by atoms with Crippen LogP contribution in [0.15, 0.2) is 65.6 Å². The highest BCUT2D eigenvalue weighted by atomic mass is 35.5. The fraction of sp³-hybridized carbons (Fsp3) is 0.136. The number of methoxy groups -OCH3 is 1. The molecule has 0 atom stereocenters. The van der Waals surface area contributed by atoms with Crippen molar-refractivity contribution < 1.29 is 17.9 Å². The average Bonchev–Trinajstić information content (AvgIpc) is 2.70. The van der Waals surface area contributed by atoms with Gasteiger partial charge in [0, 0.05) is 5.56 Å². The third-order valence-electron chi connectivity index (χ3n) is 4.48. The van der Waals surface area contributed by atoms with Crippen LogP contribution < -0.4 is 14.8 Å². The first-order valence-electron chi connectivity index (χ1n) is 9.05. The molecule has 0 aliphatic rings. The van der Waals surface area contributed by atoms with Gasteiger partial charge in [0.25, 0.3) is 15.9 Å². The molecule has 0 saturated heterocycles. The summed E-state index contributed by atoms with van der Waals surface area (Å²) in [6.07, 6.45) is 0. The van der Waals surface area contributed by atoms with Crippen molar-refractivity contribution >= 4 is 38.9 Å². The van der Waals surface area contributed by atoms with Gasteiger partial charge in [-0.3, -0.25) is 9.52 Å². The Morgan fingerprint density at radius 1 is 0.967 bits per heavy atom. The molecule has 3 rings (SSSR count). The normalized spacial score (nSPS) is 11.1. The van der Waals surface area contributed by atoms with Crippen LogP contribution in [0.2, 0.25) is 5.02 Å². The van der Waals surface area contributed by atoms with Gasteiger partial charge in [-0.2, -0.15) is 0 Å². The molecule has 0 radical (unpaired) electrons. The first-order valence-corrected chi connectivity index (χ1v) is 10.9. The fourth-order valence-electron chi connectivity index (χ4n) is 2.85. The van der Waals surface area contributed by atoms with Crippen molar-refractivity contribution in [3.63, 3.8) is 0 Å². The van der Waals surface area contributed by atoms with Gasteiger partial charge >= 0.3 is 0 Å². The number of ether oxygens (including phenoxy) is 1. The molecule has 0 aliphatic heterocycles. The molecule has 8 heteroatoms. The molecule has 0 saturated carbocycles. The monoisotopic (exact) mass is 444 g/mol. The number of para-hydroxylation sites is 1. The van der Waals surface area contributed by atoms with Crippen LogP contribution in [0.4, 0.5) is 11.4 Å². The number of nitrogens with one attached hydrogen (secondary N) is 2. The van der Waals surface area contributed by atoms with E-state index in [1.807, 2.05) is 19.1 Å². The highest BCUT2D eigenvalue weighted by Crippen LogP contribution is 2.28. The smallest absolute Gasteiger partial charge is 0.263 e. The summed E-state index contributed by atoms with van der Waals surface area (Å²) < 4.78 is 33.6. The van der Waals surface area contributed by atoms with Gasteiger partial charge < -0.3 is 10.1 Å². The Morgan fingerprint density at radius 2 is 1.70 bits per heavy atom. The summed E-state index contributed by atoms with van der Waals surface area (Å²) in [6.45, 7) is 3.68. The lowest BCUT2D eigenvalue weighted by Crippen LogP contribution is -2.17. The van der Waals surface area contributed by atoms with Crippen molar-refractivity contribution in [2.24, 2.45) is 0 Å². The Hall–Kier alpha value is -3.03. The molecule has 156 valence electrons. The Kier molecular flexibility index (Phi) is 6.34. The van der Waals surface area contributed by atoms with Crippen LogP contribution in [0.1, 0.15) is 21.5 Å². The summed E-state index contributed by atoms with van der Waals surface area (Å²) in [5.74, 6) is 0.0138. The van der Waals surface area contributed by atoms with E-state index in [2.05, 4.69) is 10.0 Å². The lowest BCUT2D eigenvalue weighted by molar-refractivity contribution is 0.102. The van der Waals surface area contributed by atoms with Gasteiger partial charge in [-0.15, -0.1) is 0 Å². The Bertz CT molecular complexity index is 1210. The predicted octanol–water partition coefficient (Wildman–Crippen LogP) is 5.02. The molecule has 0 unspecified atom stereocenters. The van der Waals surface area contributed by atoms with Crippen LogP contribution in [-0.2, 0) is 10.0 Å². The number of rotatable bonds is 6. The second kappa shape index (κ2) is 8.77. The van der Waals surface area contributed by atoms with Crippen LogP contribution in [0.3, 0.4) is 0 Å². The lowest BCUT2D eigenvalue weighted by Gasteiger charge is -2.14. The summed E-state index contributed by atoms with van der Waals surface area (Å²) in [6, 6.07) is 16.5. The third-order valence-corrected chi connectivity index (χ3v) is 6.32. The average molecular weight is 445 g/mol. The van der Waals surface area contributed by atoms with Gasteiger partial charge in [0.15, 0.2) is 0 Å². The number of benzene rings is 3. The van der Waals surface area contributed by atoms with E-state index in [1.165, 1.54) is 25.3 Å². The van der Waals surface area contributed by atoms with Gasteiger partial charge in [-0.05, 0) is 61.4 Å². The highest BCUT2D eigenvalue weighted by Gasteiger charge is 2.21. The zero-order chi connectivity index (χ0) is 21.9. The number of carbonyl (C=O) groups excluding carboxylic acids is 1. The molecule has 0 aliphatic carbocycles. The van der Waals surface area contributed by atoms with Gasteiger partial charge in [0.2, 0.25) is 0 Å². The zero-order valence-electron chi connectivity index (χ0n) is 16.7. The second-order valence-corrected chi connectivity index (χ2v) is 8.78. The van der Waals surface area contributed by atoms with Crippen LogP contribution in [0.5, 0.6) is 5.75 Å². The molecule has 0 aromatic heterocycles. The Balaban J connectivity index is 1.92. The fourth-order valence-corrected chi connectivity index (χ4v) is 4.51. The minimum Gasteiger partial charge on any atom is -0.495 e. The maximum Gasteiger partial charge on any atom is 0.263 e. The number of amides is 1. The number of carbonyl (C=O) groups is 1. The van der Waals surface area contributed by atoms with Gasteiger partial charge in [-0.1, -0.05) is 35.9 Å². The Labute approximate surface area is 180 Å². The van der Waals surface area contributed by atoms with E-state index in [4.69, 9.17) is 16.3 Å². The summed E-state index contributed by atoms with van der Waals surface area (Å²) in [5, 5.41) is 2.77. The van der Waals surface area contributed by atoms with Crippen molar-refractivity contribution in [1.82, 2.24) is 0 Å². The number of halogens is 1. The maximum absolute atomic E-state index is 12.9. The minimum atomic E-state index is -4.00. The van der Waals surface area contributed by atoms with Gasteiger partial charge in [0.05, 0.1) is 23.5 Å². The number of aryl methyl sites for hydroxylation is 2. The summed E-state index contributed by atoms with van der Waals surface area (Å²) >= 11 is 6.15. The van der Waals surface area contributed by atoms with E-state index < -0.39 is 15.9 Å². The van der Waals surface area contributed by atoms with Crippen LogP contribution in [-0.4, -0.2) is 21.4 Å². The van der Waals surface area contributed by atoms with E-state index in [1.54, 1.807) is 37.3 Å². The molecule has 0 bridgehead atoms. The van der Waals surface area contributed by atoms with Gasteiger partial charge in [0.1, 0.15) is 10.6 Å². The largest absolute Gasteiger partial charge is 0.495 e. The quantitative estimate of drug-likeness (QED) is 0.559. The van der Waals surface area contributed by atoms with Gasteiger partial charge in [-0.25, -0.2) is 8.42 Å². The third kappa shape index (κ3) is 4.75. The molecule has 0 spiro atoms. The van der Waals surface area contributed by atoms with Crippen LogP contribution >= 0.6 is 11.6 Å². The van der Waals surface area contributed by atoms with Crippen LogP contribution in [0, 0.1) is 13.8 Å². The van der Waals surface area contributed by atoms with Crippen molar-refractivity contribution in [2.75, 3.05) is 17.1 Å². The standard InChI is InChI=1S/C22H21ClN2O4S/c1-14-8-11-20(29-3)19(12-14)24-22(26)16-9-10-17(23)21(13-16)30(27,28)25-18-7-5-4-6-15(18)2/h4-13,25H,1-3H3,(H,24,26). The molecular weight excluding hydrogens is 424 g/mol. The molecular formula is C22H21ClN2O4S. The van der Waals surface area contributed by atoms with E-state index in [9.17, 15) is 13.2 Å². The summed E-state index contributed by atoms with van der Waals surface area (Å²) in [4.78, 5) is 12.6. The lowest BCUT2D eigenvalue weighted by atomic mass is 10.1. The van der Waals surface area contributed by atoms with E-state index in [0.29, 0.717) is 17.1 Å². The number of anilines is 2. The van der Waals surface area contributed by atoms with Crippen LogP contribution in [0.25, 0.3) is 0 Å². The van der Waals surface area contributed by atoms with Crippen molar-refractivity contribution in [2.45, 2.75) is 18.7 Å². The van der Waals surface area contributed by atoms with Crippen molar-refractivity contribution in [3.8, 4) is 5.75 Å². The van der Waals surface area contributed by atoms with E-state index >= 15 is 0 Å². The van der Waals surface area contributed by atoms with E-state index in [0.717, 1.165) is 11.1 Å². The Morgan fingerprint density at radius 3 is 2.40 bits per heavy atom. The SMILES string of the molecule is COc1ccc(C)cc1NC(=O)c1ccc(Cl)c(S(=O)(=O)Nc2ccccc2C)c1. The van der Waals surface area contributed by atoms with Crippen molar-refractivity contribution in [1.29, 1.82) is 0 Å². The molecule has 3 aromatic carbocycles. The molecule has 3 aromatic rings. The first-order chi connectivity index (χ1) is 14.2. The molecule has 6 nitrogen and oxygen atoms in total. The molecule has 1 amide bonds. The predicted molar refractivity (Wildman–Crippen MR) is 119 cm³/mol. The number of hydrogen-bond donors (Lipinski definition) is 2. The summed E-state index contributed by atoms with van der Waals surface area (Å²) in [7, 11) is -2.50. The molecule has 0 heterocycles. The second-order valence-electron chi connectivity index (χ2n) is 6.72. The maximum atomic E-state index is 12.9.